The molecule has 0 radical (unpaired) electrons. The first kappa shape index (κ1) is 20.9. The van der Waals surface area contributed by atoms with E-state index in [4.69, 9.17) is 5.11 Å². The zero-order valence-corrected chi connectivity index (χ0v) is 17.2. The third-order valence-electron chi connectivity index (χ3n) is 6.14. The molecular weight excluding hydrogens is 398 g/mol. The monoisotopic (exact) mass is 423 g/mol. The molecule has 1 saturated heterocycles. The first-order chi connectivity index (χ1) is 14.9. The van der Waals surface area contributed by atoms with Crippen molar-refractivity contribution in [2.45, 2.75) is 38.5 Å². The fraction of sp³-hybridized carbons (Fsp3) is 0.348. The molecule has 162 valence electrons. The van der Waals surface area contributed by atoms with E-state index in [2.05, 4.69) is 21.7 Å². The van der Waals surface area contributed by atoms with Crippen molar-refractivity contribution in [2.24, 2.45) is 0 Å². The number of fused-ring (bicyclic) bond motifs is 1. The lowest BCUT2D eigenvalue weighted by Crippen LogP contribution is -2.27. The number of rotatable bonds is 6. The maximum Gasteiger partial charge on any atom is 0.352 e. The van der Waals surface area contributed by atoms with Crippen LogP contribution in [0.5, 0.6) is 0 Å². The molecular formula is C23H25N3O5. The van der Waals surface area contributed by atoms with Crippen molar-refractivity contribution in [1.29, 1.82) is 0 Å². The van der Waals surface area contributed by atoms with Crippen LogP contribution in [0.25, 0.3) is 11.6 Å². The number of amides is 1. The summed E-state index contributed by atoms with van der Waals surface area (Å²) in [7, 11) is 0. The molecule has 0 atom stereocenters. The van der Waals surface area contributed by atoms with Crippen molar-refractivity contribution < 1.29 is 24.6 Å². The molecule has 2 aliphatic heterocycles. The van der Waals surface area contributed by atoms with Gasteiger partial charge in [-0.2, -0.15) is 0 Å². The highest BCUT2D eigenvalue weighted by Gasteiger charge is 2.31. The van der Waals surface area contributed by atoms with Crippen molar-refractivity contribution in [3.8, 4) is 0 Å². The Morgan fingerprint density at radius 2 is 1.94 bits per heavy atom. The Labute approximate surface area is 179 Å². The smallest absolute Gasteiger partial charge is 0.352 e. The Morgan fingerprint density at radius 1 is 1.19 bits per heavy atom. The van der Waals surface area contributed by atoms with E-state index in [0.29, 0.717) is 28.3 Å². The van der Waals surface area contributed by atoms with Crippen LogP contribution in [-0.2, 0) is 16.0 Å². The van der Waals surface area contributed by atoms with Gasteiger partial charge in [0.1, 0.15) is 5.69 Å². The van der Waals surface area contributed by atoms with Crippen molar-refractivity contribution in [1.82, 2.24) is 10.3 Å². The minimum absolute atomic E-state index is 0.0116. The van der Waals surface area contributed by atoms with Crippen molar-refractivity contribution in [3.63, 3.8) is 0 Å². The molecule has 8 nitrogen and oxygen atoms in total. The van der Waals surface area contributed by atoms with E-state index in [1.54, 1.807) is 13.0 Å². The molecule has 2 aliphatic rings. The number of hydrogen-bond donors (Lipinski definition) is 5. The number of H-pyrrole nitrogens is 1. The molecule has 1 fully saturated rings. The molecule has 3 heterocycles. The Hall–Kier alpha value is -3.39. The maximum atomic E-state index is 12.9. The molecule has 8 heteroatoms. The Balaban J connectivity index is 1.82. The van der Waals surface area contributed by atoms with Crippen LogP contribution in [0, 0.1) is 6.92 Å². The highest BCUT2D eigenvalue weighted by atomic mass is 16.4. The number of carbonyl (C=O) groups excluding carboxylic acids is 1. The average Bonchev–Trinajstić information content (AvgIpc) is 3.23. The zero-order valence-electron chi connectivity index (χ0n) is 17.2. The standard InChI is InChI=1S/C23H25N3O5/c1-12-14(5-6-19(27)28)18(25-21(12)23(30)31)11-16-20-15(13-7-9-24-10-8-13)3-2-4-17(20)26-22(16)29/h2-4,11,13,24-25H,5-10H2,1H3,(H,26,29)(H,27,28)(H,30,31). The number of piperidine rings is 1. The number of aromatic amines is 1. The highest BCUT2D eigenvalue weighted by molar-refractivity contribution is 6.35. The summed E-state index contributed by atoms with van der Waals surface area (Å²) < 4.78 is 0. The van der Waals surface area contributed by atoms with Gasteiger partial charge in [0.15, 0.2) is 0 Å². The number of carbonyl (C=O) groups is 3. The maximum absolute atomic E-state index is 12.9. The molecule has 31 heavy (non-hydrogen) atoms. The van der Waals surface area contributed by atoms with Gasteiger partial charge in [0.2, 0.25) is 0 Å². The van der Waals surface area contributed by atoms with Gasteiger partial charge in [-0.25, -0.2) is 4.79 Å². The number of aromatic carboxylic acids is 1. The van der Waals surface area contributed by atoms with Crippen LogP contribution in [-0.4, -0.2) is 46.1 Å². The second kappa shape index (κ2) is 8.39. The summed E-state index contributed by atoms with van der Waals surface area (Å²) in [4.78, 5) is 38.5. The third kappa shape index (κ3) is 3.98. The predicted octanol–water partition coefficient (Wildman–Crippen LogP) is 3.00. The van der Waals surface area contributed by atoms with Gasteiger partial charge in [-0.1, -0.05) is 12.1 Å². The quantitative estimate of drug-likeness (QED) is 0.454. The number of aromatic nitrogens is 1. The van der Waals surface area contributed by atoms with Gasteiger partial charge in [0.25, 0.3) is 5.91 Å². The molecule has 4 rings (SSSR count). The lowest BCUT2D eigenvalue weighted by Gasteiger charge is -2.25. The van der Waals surface area contributed by atoms with Crippen LogP contribution in [0.4, 0.5) is 5.69 Å². The number of hydrogen-bond acceptors (Lipinski definition) is 4. The lowest BCUT2D eigenvalue weighted by molar-refractivity contribution is -0.137. The number of carboxylic acids is 2. The minimum Gasteiger partial charge on any atom is -0.481 e. The zero-order chi connectivity index (χ0) is 22.1. The van der Waals surface area contributed by atoms with Gasteiger partial charge >= 0.3 is 11.9 Å². The largest absolute Gasteiger partial charge is 0.481 e. The summed E-state index contributed by atoms with van der Waals surface area (Å²) in [5.41, 5.74) is 4.76. The van der Waals surface area contributed by atoms with Crippen LogP contribution in [0.3, 0.4) is 0 Å². The number of aliphatic carboxylic acids is 1. The molecule has 0 bridgehead atoms. The Bertz CT molecular complexity index is 1090. The van der Waals surface area contributed by atoms with Crippen LogP contribution in [0.15, 0.2) is 18.2 Å². The second-order valence-electron chi connectivity index (χ2n) is 8.02. The van der Waals surface area contributed by atoms with E-state index in [9.17, 15) is 19.5 Å². The molecule has 0 unspecified atom stereocenters. The number of nitrogens with one attached hydrogen (secondary N) is 3. The van der Waals surface area contributed by atoms with Gasteiger partial charge in [-0.15, -0.1) is 0 Å². The van der Waals surface area contributed by atoms with E-state index in [0.717, 1.165) is 42.7 Å². The normalized spacial score (nSPS) is 17.6. The number of carboxylic acid groups (broad SMARTS) is 2. The van der Waals surface area contributed by atoms with Crippen molar-refractivity contribution in [3.05, 3.63) is 51.8 Å². The number of anilines is 1. The van der Waals surface area contributed by atoms with Crippen LogP contribution < -0.4 is 10.6 Å². The average molecular weight is 423 g/mol. The Morgan fingerprint density at radius 3 is 2.61 bits per heavy atom. The second-order valence-corrected chi connectivity index (χ2v) is 8.02. The summed E-state index contributed by atoms with van der Waals surface area (Å²) in [6.07, 6.45) is 3.67. The number of benzene rings is 1. The summed E-state index contributed by atoms with van der Waals surface area (Å²) >= 11 is 0. The van der Waals surface area contributed by atoms with E-state index < -0.39 is 11.9 Å². The molecule has 0 spiro atoms. The van der Waals surface area contributed by atoms with Gasteiger partial charge in [0, 0.05) is 23.4 Å². The summed E-state index contributed by atoms with van der Waals surface area (Å²) in [6.45, 7) is 3.50. The van der Waals surface area contributed by atoms with Gasteiger partial charge in [0.05, 0.1) is 5.57 Å². The molecule has 5 N–H and O–H groups in total. The SMILES string of the molecule is Cc1c(C(=O)O)[nH]c(C=C2C(=O)Nc3cccc(C4CCNCC4)c32)c1CCC(=O)O. The first-order valence-electron chi connectivity index (χ1n) is 10.4. The van der Waals surface area contributed by atoms with Gasteiger partial charge in [-0.3, -0.25) is 9.59 Å². The molecule has 0 saturated carbocycles. The minimum atomic E-state index is -1.12. The fourth-order valence-electron chi connectivity index (χ4n) is 4.58. The lowest BCUT2D eigenvalue weighted by atomic mass is 9.85. The van der Waals surface area contributed by atoms with Crippen LogP contribution in [0.2, 0.25) is 0 Å². The topological polar surface area (TPSA) is 132 Å². The first-order valence-corrected chi connectivity index (χ1v) is 10.4. The fourth-order valence-corrected chi connectivity index (χ4v) is 4.58. The van der Waals surface area contributed by atoms with Crippen LogP contribution >= 0.6 is 0 Å². The van der Waals surface area contributed by atoms with Gasteiger partial charge < -0.3 is 25.8 Å². The summed E-state index contributed by atoms with van der Waals surface area (Å²) in [5, 5.41) is 24.9. The summed E-state index contributed by atoms with van der Waals surface area (Å²) in [6, 6.07) is 5.86. The van der Waals surface area contributed by atoms with E-state index >= 15 is 0 Å². The molecule has 1 aromatic carbocycles. The highest BCUT2D eigenvalue weighted by Crippen LogP contribution is 2.41. The van der Waals surface area contributed by atoms with Crippen LogP contribution in [0.1, 0.15) is 63.6 Å². The van der Waals surface area contributed by atoms with E-state index in [1.165, 1.54) is 0 Å². The Kier molecular flexibility index (Phi) is 5.65. The van der Waals surface area contributed by atoms with E-state index in [-0.39, 0.29) is 24.4 Å². The molecule has 1 aromatic heterocycles. The predicted molar refractivity (Wildman–Crippen MR) is 116 cm³/mol. The molecule has 1 amide bonds. The van der Waals surface area contributed by atoms with Crippen molar-refractivity contribution in [2.75, 3.05) is 18.4 Å². The van der Waals surface area contributed by atoms with Gasteiger partial charge in [-0.05, 0) is 74.0 Å². The third-order valence-corrected chi connectivity index (χ3v) is 6.14. The van der Waals surface area contributed by atoms with E-state index in [1.807, 2.05) is 12.1 Å². The molecule has 0 aliphatic carbocycles. The van der Waals surface area contributed by atoms with Crippen molar-refractivity contribution >= 4 is 35.2 Å². The summed E-state index contributed by atoms with van der Waals surface area (Å²) in [5.74, 6) is -2.00. The molecule has 2 aromatic rings.